The van der Waals surface area contributed by atoms with Crippen molar-refractivity contribution in [1.82, 2.24) is 15.3 Å². The quantitative estimate of drug-likeness (QED) is 0.456. The molecule has 0 aliphatic heterocycles. The van der Waals surface area contributed by atoms with Crippen molar-refractivity contribution >= 4 is 39.1 Å². The van der Waals surface area contributed by atoms with E-state index in [4.69, 9.17) is 16.4 Å². The Labute approximate surface area is 171 Å². The van der Waals surface area contributed by atoms with E-state index in [-0.39, 0.29) is 5.91 Å². The first-order valence-corrected chi connectivity index (χ1v) is 9.97. The summed E-state index contributed by atoms with van der Waals surface area (Å²) in [5.41, 5.74) is 5.50. The van der Waals surface area contributed by atoms with E-state index in [2.05, 4.69) is 10.6 Å². The van der Waals surface area contributed by atoms with E-state index < -0.39 is 0 Å². The second-order valence-electron chi connectivity index (χ2n) is 6.40. The fourth-order valence-electron chi connectivity index (χ4n) is 2.90. The Hall–Kier alpha value is -2.67. The average molecular weight is 412 g/mol. The van der Waals surface area contributed by atoms with E-state index in [0.717, 1.165) is 27.0 Å². The number of hydrogen-bond donors (Lipinski definition) is 1. The molecule has 0 radical (unpaired) electrons. The number of hydrogen-bond acceptors (Lipinski definition) is 4. The zero-order valence-corrected chi connectivity index (χ0v) is 16.8. The Balaban J connectivity index is 1.47. The predicted molar refractivity (Wildman–Crippen MR) is 112 cm³/mol. The van der Waals surface area contributed by atoms with Gasteiger partial charge < -0.3 is 0 Å². The van der Waals surface area contributed by atoms with E-state index >= 15 is 0 Å². The van der Waals surface area contributed by atoms with Gasteiger partial charge in [0.05, 0.1) is 23.7 Å². The average Bonchev–Trinajstić information content (AvgIpc) is 3.26. The smallest absolute Gasteiger partial charge is 0.269 e. The number of halogens is 1. The number of aromatic nitrogens is 2. The number of fused-ring (bicyclic) bond motifs is 1. The molecule has 2 heterocycles. The predicted octanol–water partition coefficient (Wildman–Crippen LogP) is 4.97. The summed E-state index contributed by atoms with van der Waals surface area (Å²) < 4.78 is 1.92. The molecule has 0 saturated carbocycles. The van der Waals surface area contributed by atoms with Gasteiger partial charge in [0.25, 0.3) is 5.91 Å². The summed E-state index contributed by atoms with van der Waals surface area (Å²) in [5, 5.41) is 6.28. The van der Waals surface area contributed by atoms with Crippen LogP contribution in [0, 0.1) is 6.92 Å². The van der Waals surface area contributed by atoms with Crippen molar-refractivity contribution in [2.45, 2.75) is 20.1 Å². The topological polar surface area (TPSA) is 56.2 Å². The van der Waals surface area contributed by atoms with Gasteiger partial charge in [-0.3, -0.25) is 14.3 Å². The SMILES string of the molecule is Cc1nn(Cc2ccc(Cl)cc2)c2sc(C(=O)NOCc3ccccc3)cc12. The molecule has 0 saturated heterocycles. The molecule has 0 bridgehead atoms. The van der Waals surface area contributed by atoms with Crippen LogP contribution in [0.2, 0.25) is 5.02 Å². The molecule has 0 fully saturated rings. The van der Waals surface area contributed by atoms with Gasteiger partial charge in [-0.25, -0.2) is 5.48 Å². The Kier molecular flexibility index (Phi) is 5.43. The maximum absolute atomic E-state index is 12.5. The highest BCUT2D eigenvalue weighted by Crippen LogP contribution is 2.29. The van der Waals surface area contributed by atoms with Gasteiger partial charge in [-0.05, 0) is 36.2 Å². The van der Waals surface area contributed by atoms with E-state index in [0.29, 0.717) is 23.1 Å². The summed E-state index contributed by atoms with van der Waals surface area (Å²) in [5.74, 6) is -0.255. The van der Waals surface area contributed by atoms with E-state index in [9.17, 15) is 4.79 Å². The zero-order chi connectivity index (χ0) is 19.5. The van der Waals surface area contributed by atoms with Crippen molar-refractivity contribution < 1.29 is 9.63 Å². The molecular formula is C21H18ClN3O2S. The number of thiophene rings is 1. The lowest BCUT2D eigenvalue weighted by atomic mass is 10.2. The fourth-order valence-corrected chi connectivity index (χ4v) is 4.08. The summed E-state index contributed by atoms with van der Waals surface area (Å²) in [4.78, 5) is 19.3. The van der Waals surface area contributed by atoms with Crippen LogP contribution in [0.15, 0.2) is 60.7 Å². The molecule has 5 nitrogen and oxygen atoms in total. The monoisotopic (exact) mass is 411 g/mol. The molecule has 0 atom stereocenters. The van der Waals surface area contributed by atoms with Crippen LogP contribution in [0.4, 0.5) is 0 Å². The molecular weight excluding hydrogens is 394 g/mol. The largest absolute Gasteiger partial charge is 0.285 e. The molecule has 1 amide bonds. The standard InChI is InChI=1S/C21H18ClN3O2S/c1-14-18-11-19(20(26)24-27-13-16-5-3-2-4-6-16)28-21(18)25(23-14)12-15-7-9-17(22)10-8-15/h2-11H,12-13H2,1H3,(H,24,26). The highest BCUT2D eigenvalue weighted by atomic mass is 35.5. The molecule has 7 heteroatoms. The normalized spacial score (nSPS) is 11.1. The number of nitrogens with zero attached hydrogens (tertiary/aromatic N) is 2. The second-order valence-corrected chi connectivity index (χ2v) is 7.87. The van der Waals surface area contributed by atoms with Crippen molar-refractivity contribution in [2.24, 2.45) is 0 Å². The molecule has 0 aliphatic rings. The highest BCUT2D eigenvalue weighted by Gasteiger charge is 2.16. The first-order valence-electron chi connectivity index (χ1n) is 8.77. The number of carbonyl (C=O) groups excluding carboxylic acids is 1. The van der Waals surface area contributed by atoms with Crippen LogP contribution in [-0.2, 0) is 18.0 Å². The number of rotatable bonds is 6. The van der Waals surface area contributed by atoms with Crippen molar-refractivity contribution in [3.8, 4) is 0 Å². The van der Waals surface area contributed by atoms with E-state index in [1.807, 2.05) is 72.3 Å². The zero-order valence-electron chi connectivity index (χ0n) is 15.2. The third-order valence-electron chi connectivity index (χ3n) is 4.32. The maximum atomic E-state index is 12.5. The Morgan fingerprint density at radius 1 is 1.14 bits per heavy atom. The van der Waals surface area contributed by atoms with Crippen molar-refractivity contribution in [1.29, 1.82) is 0 Å². The van der Waals surface area contributed by atoms with E-state index in [1.54, 1.807) is 0 Å². The number of carbonyl (C=O) groups is 1. The molecule has 142 valence electrons. The van der Waals surface area contributed by atoms with Gasteiger partial charge >= 0.3 is 0 Å². The van der Waals surface area contributed by atoms with Crippen LogP contribution < -0.4 is 5.48 Å². The first kappa shape index (κ1) is 18.7. The summed E-state index contributed by atoms with van der Waals surface area (Å²) in [6, 6.07) is 19.2. The number of benzene rings is 2. The summed E-state index contributed by atoms with van der Waals surface area (Å²) in [6.45, 7) is 2.88. The first-order chi connectivity index (χ1) is 13.6. The maximum Gasteiger partial charge on any atom is 0.285 e. The third kappa shape index (κ3) is 4.09. The van der Waals surface area contributed by atoms with Crippen LogP contribution in [0.3, 0.4) is 0 Å². The van der Waals surface area contributed by atoms with Crippen molar-refractivity contribution in [3.05, 3.63) is 87.4 Å². The fraction of sp³-hybridized carbons (Fsp3) is 0.143. The van der Waals surface area contributed by atoms with Crippen LogP contribution in [0.5, 0.6) is 0 Å². The van der Waals surface area contributed by atoms with Crippen LogP contribution in [-0.4, -0.2) is 15.7 Å². The minimum absolute atomic E-state index is 0.255. The molecule has 4 rings (SSSR count). The van der Waals surface area contributed by atoms with Crippen LogP contribution in [0.1, 0.15) is 26.5 Å². The van der Waals surface area contributed by atoms with Gasteiger partial charge in [-0.1, -0.05) is 54.1 Å². The molecule has 0 spiro atoms. The Bertz CT molecular complexity index is 1100. The van der Waals surface area contributed by atoms with Gasteiger partial charge in [0.2, 0.25) is 0 Å². The second kappa shape index (κ2) is 8.14. The highest BCUT2D eigenvalue weighted by molar-refractivity contribution is 7.20. The summed E-state index contributed by atoms with van der Waals surface area (Å²) in [7, 11) is 0. The van der Waals surface area contributed by atoms with E-state index in [1.165, 1.54) is 11.3 Å². The lowest BCUT2D eigenvalue weighted by Crippen LogP contribution is -2.22. The van der Waals surface area contributed by atoms with Gasteiger partial charge in [0, 0.05) is 10.4 Å². The van der Waals surface area contributed by atoms with Gasteiger partial charge in [-0.15, -0.1) is 11.3 Å². The number of hydroxylamine groups is 1. The summed E-state index contributed by atoms with van der Waals surface area (Å²) >= 11 is 7.36. The van der Waals surface area contributed by atoms with Crippen LogP contribution >= 0.6 is 22.9 Å². The van der Waals surface area contributed by atoms with Crippen molar-refractivity contribution in [2.75, 3.05) is 0 Å². The van der Waals surface area contributed by atoms with Gasteiger partial charge in [0.15, 0.2) is 0 Å². The number of amides is 1. The number of nitrogens with one attached hydrogen (secondary N) is 1. The minimum Gasteiger partial charge on any atom is -0.269 e. The van der Waals surface area contributed by atoms with Crippen molar-refractivity contribution in [3.63, 3.8) is 0 Å². The molecule has 2 aromatic heterocycles. The summed E-state index contributed by atoms with van der Waals surface area (Å²) in [6.07, 6.45) is 0. The van der Waals surface area contributed by atoms with Gasteiger partial charge in [0.1, 0.15) is 4.83 Å². The molecule has 1 N–H and O–H groups in total. The molecule has 0 unspecified atom stereocenters. The Morgan fingerprint density at radius 3 is 2.64 bits per heavy atom. The lowest BCUT2D eigenvalue weighted by Gasteiger charge is -2.05. The molecule has 4 aromatic rings. The molecule has 2 aromatic carbocycles. The van der Waals surface area contributed by atoms with Gasteiger partial charge in [-0.2, -0.15) is 5.10 Å². The number of aryl methyl sites for hydroxylation is 1. The molecule has 0 aliphatic carbocycles. The van der Waals surface area contributed by atoms with Crippen LogP contribution in [0.25, 0.3) is 10.2 Å². The lowest BCUT2D eigenvalue weighted by molar-refractivity contribution is 0.0237. The molecule has 28 heavy (non-hydrogen) atoms. The Morgan fingerprint density at radius 2 is 1.89 bits per heavy atom. The third-order valence-corrected chi connectivity index (χ3v) is 5.72. The minimum atomic E-state index is -0.255.